The van der Waals surface area contributed by atoms with E-state index in [1.807, 2.05) is 0 Å². The van der Waals surface area contributed by atoms with Gasteiger partial charge in [0.1, 0.15) is 0 Å². The molecule has 1 aliphatic carbocycles. The van der Waals surface area contributed by atoms with Crippen LogP contribution in [-0.2, 0) is 17.6 Å². The van der Waals surface area contributed by atoms with Crippen LogP contribution in [0.2, 0.25) is 0 Å². The van der Waals surface area contributed by atoms with Gasteiger partial charge in [-0.2, -0.15) is 0 Å². The Morgan fingerprint density at radius 1 is 1.19 bits per heavy atom. The van der Waals surface area contributed by atoms with Crippen molar-refractivity contribution in [3.05, 3.63) is 29.3 Å². The molecule has 1 saturated carbocycles. The maximum Gasteiger partial charge on any atom is 0.230 e. The van der Waals surface area contributed by atoms with Crippen LogP contribution in [0.25, 0.3) is 0 Å². The lowest BCUT2D eigenvalue weighted by Gasteiger charge is -2.30. The molecule has 1 aliphatic heterocycles. The number of carbonyl (C=O) groups is 1. The minimum atomic E-state index is 0.242. The second-order valence-electron chi connectivity index (χ2n) is 8.82. The van der Waals surface area contributed by atoms with E-state index in [1.54, 1.807) is 0 Å². The van der Waals surface area contributed by atoms with Crippen LogP contribution in [0.5, 0.6) is 0 Å². The summed E-state index contributed by atoms with van der Waals surface area (Å²) in [6, 6.07) is 6.89. The fraction of sp³-hybridized carbons (Fsp3) is 0.708. The smallest absolute Gasteiger partial charge is 0.230 e. The molecule has 1 heterocycles. The van der Waals surface area contributed by atoms with E-state index in [0.717, 1.165) is 56.7 Å². The van der Waals surface area contributed by atoms with E-state index in [9.17, 15) is 4.79 Å². The SMILES string of the molecule is CCCCC1CCC(C(=O)N2CCc3cc(CC(N)CCC)ccc32)CC1. The monoisotopic (exact) mass is 370 g/mol. The van der Waals surface area contributed by atoms with Crippen LogP contribution in [0.3, 0.4) is 0 Å². The van der Waals surface area contributed by atoms with Crippen LogP contribution in [0.4, 0.5) is 5.69 Å². The van der Waals surface area contributed by atoms with Crippen molar-refractivity contribution in [2.75, 3.05) is 11.4 Å². The van der Waals surface area contributed by atoms with Gasteiger partial charge in [-0.05, 0) is 68.1 Å². The molecule has 3 heteroatoms. The topological polar surface area (TPSA) is 46.3 Å². The Kier molecular flexibility index (Phi) is 7.34. The molecule has 3 rings (SSSR count). The largest absolute Gasteiger partial charge is 0.327 e. The molecule has 0 radical (unpaired) electrons. The molecule has 27 heavy (non-hydrogen) atoms. The van der Waals surface area contributed by atoms with Crippen LogP contribution in [-0.4, -0.2) is 18.5 Å². The number of anilines is 1. The van der Waals surface area contributed by atoms with Gasteiger partial charge in [0.25, 0.3) is 0 Å². The Morgan fingerprint density at radius 3 is 2.67 bits per heavy atom. The molecule has 0 bridgehead atoms. The van der Waals surface area contributed by atoms with Crippen LogP contribution in [0.1, 0.15) is 82.8 Å². The van der Waals surface area contributed by atoms with Gasteiger partial charge in [-0.3, -0.25) is 4.79 Å². The van der Waals surface area contributed by atoms with Gasteiger partial charge < -0.3 is 10.6 Å². The minimum absolute atomic E-state index is 0.242. The van der Waals surface area contributed by atoms with Gasteiger partial charge in [0.2, 0.25) is 5.91 Å². The average Bonchev–Trinajstić information content (AvgIpc) is 3.09. The molecule has 1 aromatic carbocycles. The number of carbonyl (C=O) groups excluding carboxylic acids is 1. The third kappa shape index (κ3) is 5.13. The Hall–Kier alpha value is -1.35. The van der Waals surface area contributed by atoms with E-state index >= 15 is 0 Å². The highest BCUT2D eigenvalue weighted by Gasteiger charge is 2.32. The second kappa shape index (κ2) is 9.73. The summed E-state index contributed by atoms with van der Waals surface area (Å²) < 4.78 is 0. The van der Waals surface area contributed by atoms with Crippen molar-refractivity contribution in [3.63, 3.8) is 0 Å². The number of benzene rings is 1. The summed E-state index contributed by atoms with van der Waals surface area (Å²) in [5.41, 5.74) is 10.0. The van der Waals surface area contributed by atoms with Gasteiger partial charge in [-0.25, -0.2) is 0 Å². The second-order valence-corrected chi connectivity index (χ2v) is 8.82. The Balaban J connectivity index is 1.58. The van der Waals surface area contributed by atoms with Crippen LogP contribution >= 0.6 is 0 Å². The van der Waals surface area contributed by atoms with Crippen molar-refractivity contribution in [3.8, 4) is 0 Å². The predicted molar refractivity (Wildman–Crippen MR) is 114 cm³/mol. The molecule has 0 spiro atoms. The van der Waals surface area contributed by atoms with Gasteiger partial charge in [0, 0.05) is 24.2 Å². The molecule has 1 unspecified atom stereocenters. The maximum absolute atomic E-state index is 13.1. The van der Waals surface area contributed by atoms with E-state index in [0.29, 0.717) is 5.91 Å². The Bertz CT molecular complexity index is 619. The number of rotatable bonds is 8. The molecule has 1 aromatic rings. The molecular formula is C24H38N2O. The summed E-state index contributed by atoms with van der Waals surface area (Å²) in [4.78, 5) is 15.2. The first-order valence-corrected chi connectivity index (χ1v) is 11.3. The zero-order valence-corrected chi connectivity index (χ0v) is 17.4. The Labute approximate surface area is 165 Å². The standard InChI is InChI=1S/C24H38N2O/c1-3-5-7-18-8-11-20(12-9-18)24(27)26-15-14-21-16-19(10-13-23(21)26)17-22(25)6-4-2/h10,13,16,18,20,22H,3-9,11-12,14-15,17,25H2,1-2H3. The third-order valence-corrected chi connectivity index (χ3v) is 6.62. The van der Waals surface area contributed by atoms with Gasteiger partial charge >= 0.3 is 0 Å². The summed E-state index contributed by atoms with van der Waals surface area (Å²) in [6.45, 7) is 5.31. The van der Waals surface area contributed by atoms with Gasteiger partial charge in [-0.15, -0.1) is 0 Å². The highest BCUT2D eigenvalue weighted by molar-refractivity contribution is 5.97. The van der Waals surface area contributed by atoms with Crippen molar-refractivity contribution < 1.29 is 4.79 Å². The molecule has 0 saturated heterocycles. The lowest BCUT2D eigenvalue weighted by atomic mass is 9.79. The summed E-state index contributed by atoms with van der Waals surface area (Å²) in [5, 5.41) is 0. The Morgan fingerprint density at radius 2 is 1.96 bits per heavy atom. The summed E-state index contributed by atoms with van der Waals surface area (Å²) in [5.74, 6) is 1.47. The van der Waals surface area contributed by atoms with E-state index in [4.69, 9.17) is 5.73 Å². The summed E-state index contributed by atoms with van der Waals surface area (Å²) in [6.07, 6.45) is 12.8. The molecule has 3 nitrogen and oxygen atoms in total. The molecule has 150 valence electrons. The number of fused-ring (bicyclic) bond motifs is 1. The van der Waals surface area contributed by atoms with Crippen molar-refractivity contribution >= 4 is 11.6 Å². The lowest BCUT2D eigenvalue weighted by Crippen LogP contribution is -2.36. The van der Waals surface area contributed by atoms with Gasteiger partial charge in [-0.1, -0.05) is 51.7 Å². The first-order valence-electron chi connectivity index (χ1n) is 11.3. The maximum atomic E-state index is 13.1. The zero-order chi connectivity index (χ0) is 19.2. The van der Waals surface area contributed by atoms with Gasteiger partial charge in [0.05, 0.1) is 0 Å². The number of hydrogen-bond donors (Lipinski definition) is 1. The van der Waals surface area contributed by atoms with Gasteiger partial charge in [0.15, 0.2) is 0 Å². The van der Waals surface area contributed by atoms with E-state index < -0.39 is 0 Å². The molecule has 0 aromatic heterocycles. The number of nitrogens with two attached hydrogens (primary N) is 1. The number of amides is 1. The molecule has 1 amide bonds. The van der Waals surface area contributed by atoms with Crippen LogP contribution < -0.4 is 10.6 Å². The number of hydrogen-bond acceptors (Lipinski definition) is 2. The molecule has 1 fully saturated rings. The summed E-state index contributed by atoms with van der Waals surface area (Å²) >= 11 is 0. The predicted octanol–water partition coefficient (Wildman–Crippen LogP) is 5.24. The zero-order valence-electron chi connectivity index (χ0n) is 17.4. The lowest BCUT2D eigenvalue weighted by molar-refractivity contribution is -0.123. The van der Waals surface area contributed by atoms with Crippen LogP contribution in [0.15, 0.2) is 18.2 Å². The van der Waals surface area contributed by atoms with Crippen molar-refractivity contribution in [1.82, 2.24) is 0 Å². The fourth-order valence-corrected chi connectivity index (χ4v) is 5.00. The quantitative estimate of drug-likeness (QED) is 0.680. The fourth-order valence-electron chi connectivity index (χ4n) is 5.00. The normalized spacial score (nSPS) is 23.3. The highest BCUT2D eigenvalue weighted by Crippen LogP contribution is 2.36. The molecule has 2 aliphatic rings. The molecule has 1 atom stereocenters. The average molecular weight is 371 g/mol. The van der Waals surface area contributed by atoms with Crippen molar-refractivity contribution in [2.24, 2.45) is 17.6 Å². The van der Waals surface area contributed by atoms with E-state index in [2.05, 4.69) is 36.9 Å². The molecular weight excluding hydrogens is 332 g/mol. The molecule has 2 N–H and O–H groups in total. The number of unbranched alkanes of at least 4 members (excludes halogenated alkanes) is 1. The third-order valence-electron chi connectivity index (χ3n) is 6.62. The summed E-state index contributed by atoms with van der Waals surface area (Å²) in [7, 11) is 0. The van der Waals surface area contributed by atoms with Crippen LogP contribution in [0, 0.1) is 11.8 Å². The first kappa shape index (κ1) is 20.4. The van der Waals surface area contributed by atoms with E-state index in [-0.39, 0.29) is 12.0 Å². The highest BCUT2D eigenvalue weighted by atomic mass is 16.2. The van der Waals surface area contributed by atoms with Crippen molar-refractivity contribution in [1.29, 1.82) is 0 Å². The minimum Gasteiger partial charge on any atom is -0.327 e. The number of nitrogens with zero attached hydrogens (tertiary/aromatic N) is 1. The van der Waals surface area contributed by atoms with E-state index in [1.165, 1.54) is 43.2 Å². The van der Waals surface area contributed by atoms with Crippen molar-refractivity contribution in [2.45, 2.75) is 90.5 Å². The first-order chi connectivity index (χ1) is 13.1.